The van der Waals surface area contributed by atoms with Crippen molar-refractivity contribution < 1.29 is 14.3 Å². The summed E-state index contributed by atoms with van der Waals surface area (Å²) in [7, 11) is 1.67. The number of rotatable bonds is 5. The Balaban J connectivity index is 2.06. The summed E-state index contributed by atoms with van der Waals surface area (Å²) in [5.74, 6) is 0.650. The smallest absolute Gasteiger partial charge is 0.302 e. The molecule has 0 unspecified atom stereocenters. The van der Waals surface area contributed by atoms with Gasteiger partial charge in [0.15, 0.2) is 0 Å². The van der Waals surface area contributed by atoms with Gasteiger partial charge in [0.1, 0.15) is 5.75 Å². The van der Waals surface area contributed by atoms with Crippen molar-refractivity contribution in [2.24, 2.45) is 0 Å². The third kappa shape index (κ3) is 3.73. The highest BCUT2D eigenvalue weighted by molar-refractivity contribution is 5.84. The number of ether oxygens (including phenoxy) is 2. The van der Waals surface area contributed by atoms with Crippen LogP contribution in [0.2, 0.25) is 0 Å². The normalized spacial score (nSPS) is 12.2. The molecular formula is C17H20O3. The van der Waals surface area contributed by atoms with Gasteiger partial charge < -0.3 is 9.47 Å². The van der Waals surface area contributed by atoms with Gasteiger partial charge in [-0.05, 0) is 48.2 Å². The fourth-order valence-corrected chi connectivity index (χ4v) is 2.27. The van der Waals surface area contributed by atoms with Gasteiger partial charge in [-0.1, -0.05) is 24.3 Å². The van der Waals surface area contributed by atoms with Crippen LogP contribution in [0.5, 0.6) is 5.75 Å². The summed E-state index contributed by atoms with van der Waals surface area (Å²) in [6.07, 6.45) is 1.69. The number of fused-ring (bicyclic) bond motifs is 1. The molecule has 0 aliphatic heterocycles. The van der Waals surface area contributed by atoms with E-state index in [4.69, 9.17) is 9.47 Å². The van der Waals surface area contributed by atoms with Crippen LogP contribution in [0.15, 0.2) is 36.4 Å². The zero-order valence-corrected chi connectivity index (χ0v) is 12.2. The largest absolute Gasteiger partial charge is 0.497 e. The van der Waals surface area contributed by atoms with Crippen molar-refractivity contribution in [1.82, 2.24) is 0 Å². The predicted molar refractivity (Wildman–Crippen MR) is 80.0 cm³/mol. The molecule has 0 radical (unpaired) electrons. The number of esters is 1. The van der Waals surface area contributed by atoms with Crippen molar-refractivity contribution in [3.05, 3.63) is 42.0 Å². The standard InChI is InChI=1S/C17H20O3/c1-12(20-13(2)18)4-5-14-6-7-16-11-17(19-3)9-8-15(16)10-14/h6-12H,4-5H2,1-3H3/t12-/m0/s1. The van der Waals surface area contributed by atoms with Gasteiger partial charge in [0.05, 0.1) is 13.2 Å². The van der Waals surface area contributed by atoms with Gasteiger partial charge in [0.25, 0.3) is 0 Å². The molecule has 0 heterocycles. The molecule has 1 atom stereocenters. The zero-order valence-electron chi connectivity index (χ0n) is 12.2. The van der Waals surface area contributed by atoms with E-state index in [0.717, 1.165) is 18.6 Å². The first-order chi connectivity index (χ1) is 9.58. The lowest BCUT2D eigenvalue weighted by Crippen LogP contribution is -2.12. The summed E-state index contributed by atoms with van der Waals surface area (Å²) >= 11 is 0. The van der Waals surface area contributed by atoms with Gasteiger partial charge in [-0.2, -0.15) is 0 Å². The number of carbonyl (C=O) groups is 1. The maximum absolute atomic E-state index is 10.9. The monoisotopic (exact) mass is 272 g/mol. The van der Waals surface area contributed by atoms with E-state index in [1.165, 1.54) is 23.3 Å². The predicted octanol–water partition coefficient (Wildman–Crippen LogP) is 3.73. The minimum Gasteiger partial charge on any atom is -0.497 e. The van der Waals surface area contributed by atoms with E-state index < -0.39 is 0 Å². The Morgan fingerprint density at radius 1 is 1.15 bits per heavy atom. The van der Waals surface area contributed by atoms with Crippen LogP contribution in [-0.2, 0) is 16.0 Å². The molecule has 3 nitrogen and oxygen atoms in total. The Kier molecular flexibility index (Phi) is 4.61. The maximum Gasteiger partial charge on any atom is 0.302 e. The minimum absolute atomic E-state index is 0.0425. The first-order valence-corrected chi connectivity index (χ1v) is 6.82. The first kappa shape index (κ1) is 14.4. The van der Waals surface area contributed by atoms with Crippen molar-refractivity contribution in [3.63, 3.8) is 0 Å². The van der Waals surface area contributed by atoms with E-state index in [2.05, 4.69) is 24.3 Å². The highest BCUT2D eigenvalue weighted by Crippen LogP contribution is 2.22. The number of methoxy groups -OCH3 is 1. The molecule has 2 aromatic rings. The third-order valence-corrected chi connectivity index (χ3v) is 3.32. The highest BCUT2D eigenvalue weighted by atomic mass is 16.5. The molecule has 2 rings (SSSR count). The lowest BCUT2D eigenvalue weighted by molar-refractivity contribution is -0.145. The second kappa shape index (κ2) is 6.42. The number of carbonyl (C=O) groups excluding carboxylic acids is 1. The molecule has 0 saturated carbocycles. The fourth-order valence-electron chi connectivity index (χ4n) is 2.27. The van der Waals surface area contributed by atoms with Gasteiger partial charge in [-0.15, -0.1) is 0 Å². The number of benzene rings is 2. The lowest BCUT2D eigenvalue weighted by atomic mass is 10.0. The molecule has 20 heavy (non-hydrogen) atoms. The Morgan fingerprint density at radius 3 is 2.55 bits per heavy atom. The Labute approximate surface area is 119 Å². The molecule has 0 bridgehead atoms. The Morgan fingerprint density at radius 2 is 1.85 bits per heavy atom. The lowest BCUT2D eigenvalue weighted by Gasteiger charge is -2.12. The zero-order chi connectivity index (χ0) is 14.5. The fraction of sp³-hybridized carbons (Fsp3) is 0.353. The first-order valence-electron chi connectivity index (χ1n) is 6.82. The van der Waals surface area contributed by atoms with E-state index >= 15 is 0 Å². The average molecular weight is 272 g/mol. The third-order valence-electron chi connectivity index (χ3n) is 3.32. The Bertz CT molecular complexity index is 604. The summed E-state index contributed by atoms with van der Waals surface area (Å²) in [6.45, 7) is 3.37. The van der Waals surface area contributed by atoms with Crippen LogP contribution in [-0.4, -0.2) is 19.2 Å². The molecule has 0 aromatic heterocycles. The molecule has 0 aliphatic rings. The maximum atomic E-state index is 10.9. The molecular weight excluding hydrogens is 252 g/mol. The van der Waals surface area contributed by atoms with Gasteiger partial charge in [-0.3, -0.25) is 4.79 Å². The van der Waals surface area contributed by atoms with Gasteiger partial charge in [0, 0.05) is 6.92 Å². The van der Waals surface area contributed by atoms with Crippen molar-refractivity contribution in [2.75, 3.05) is 7.11 Å². The van der Waals surface area contributed by atoms with E-state index in [-0.39, 0.29) is 12.1 Å². The number of hydrogen-bond donors (Lipinski definition) is 0. The van der Waals surface area contributed by atoms with E-state index in [1.54, 1.807) is 7.11 Å². The molecule has 0 N–H and O–H groups in total. The molecule has 3 heteroatoms. The van der Waals surface area contributed by atoms with E-state index in [1.807, 2.05) is 19.1 Å². The van der Waals surface area contributed by atoms with Crippen molar-refractivity contribution in [3.8, 4) is 5.75 Å². The second-order valence-corrected chi connectivity index (χ2v) is 5.01. The van der Waals surface area contributed by atoms with E-state index in [9.17, 15) is 4.79 Å². The highest BCUT2D eigenvalue weighted by Gasteiger charge is 2.06. The van der Waals surface area contributed by atoms with Crippen LogP contribution in [0, 0.1) is 0 Å². The van der Waals surface area contributed by atoms with Crippen LogP contribution >= 0.6 is 0 Å². The summed E-state index contributed by atoms with van der Waals surface area (Å²) in [5, 5.41) is 2.37. The van der Waals surface area contributed by atoms with Gasteiger partial charge >= 0.3 is 5.97 Å². The van der Waals surface area contributed by atoms with Crippen LogP contribution in [0.25, 0.3) is 10.8 Å². The second-order valence-electron chi connectivity index (χ2n) is 5.01. The van der Waals surface area contributed by atoms with Crippen LogP contribution in [0.4, 0.5) is 0 Å². The topological polar surface area (TPSA) is 35.5 Å². The quantitative estimate of drug-likeness (QED) is 0.778. The van der Waals surface area contributed by atoms with Crippen molar-refractivity contribution >= 4 is 16.7 Å². The summed E-state index contributed by atoms with van der Waals surface area (Å²) < 4.78 is 10.4. The summed E-state index contributed by atoms with van der Waals surface area (Å²) in [6, 6.07) is 12.4. The minimum atomic E-state index is -0.219. The summed E-state index contributed by atoms with van der Waals surface area (Å²) in [5.41, 5.74) is 1.25. The molecule has 0 amide bonds. The molecule has 0 saturated heterocycles. The average Bonchev–Trinajstić information content (AvgIpc) is 2.43. The van der Waals surface area contributed by atoms with Crippen LogP contribution in [0.1, 0.15) is 25.8 Å². The molecule has 0 aliphatic carbocycles. The van der Waals surface area contributed by atoms with Crippen LogP contribution < -0.4 is 4.74 Å². The van der Waals surface area contributed by atoms with Crippen LogP contribution in [0.3, 0.4) is 0 Å². The Hall–Kier alpha value is -2.03. The van der Waals surface area contributed by atoms with Crippen molar-refractivity contribution in [1.29, 1.82) is 0 Å². The molecule has 2 aromatic carbocycles. The molecule has 0 spiro atoms. The van der Waals surface area contributed by atoms with E-state index in [0.29, 0.717) is 0 Å². The number of aryl methyl sites for hydroxylation is 1. The SMILES string of the molecule is COc1ccc2cc(CC[C@H](C)OC(C)=O)ccc2c1. The molecule has 0 fully saturated rings. The number of hydrogen-bond acceptors (Lipinski definition) is 3. The molecule has 106 valence electrons. The van der Waals surface area contributed by atoms with Crippen molar-refractivity contribution in [2.45, 2.75) is 32.8 Å². The summed E-state index contributed by atoms with van der Waals surface area (Å²) in [4.78, 5) is 10.9. The van der Waals surface area contributed by atoms with Gasteiger partial charge in [-0.25, -0.2) is 0 Å². The van der Waals surface area contributed by atoms with Gasteiger partial charge in [0.2, 0.25) is 0 Å².